The Kier molecular flexibility index (Phi) is 5.25. The number of rotatable bonds is 3. The van der Waals surface area contributed by atoms with Gasteiger partial charge in [-0.2, -0.15) is 4.31 Å². The van der Waals surface area contributed by atoms with Crippen molar-refractivity contribution >= 4 is 21.6 Å². The molecule has 2 aromatic carbocycles. The summed E-state index contributed by atoms with van der Waals surface area (Å²) in [7, 11) is -3.54. The van der Waals surface area contributed by atoms with E-state index in [4.69, 9.17) is 0 Å². The van der Waals surface area contributed by atoms with E-state index in [9.17, 15) is 13.2 Å². The highest BCUT2D eigenvalue weighted by molar-refractivity contribution is 7.89. The van der Waals surface area contributed by atoms with E-state index >= 15 is 0 Å². The van der Waals surface area contributed by atoms with Crippen LogP contribution in [0.1, 0.15) is 43.1 Å². The molecule has 3 atom stereocenters. The van der Waals surface area contributed by atoms with Crippen molar-refractivity contribution in [3.8, 4) is 0 Å². The van der Waals surface area contributed by atoms with Crippen molar-refractivity contribution < 1.29 is 13.2 Å². The van der Waals surface area contributed by atoms with Crippen LogP contribution < -0.4 is 4.90 Å². The molecule has 1 saturated heterocycles. The van der Waals surface area contributed by atoms with Gasteiger partial charge in [0.2, 0.25) is 10.0 Å². The molecule has 29 heavy (non-hydrogen) atoms. The maximum absolute atomic E-state index is 13.1. The van der Waals surface area contributed by atoms with E-state index < -0.39 is 10.0 Å². The van der Waals surface area contributed by atoms with Crippen molar-refractivity contribution in [2.45, 2.75) is 44.6 Å². The molecule has 4 rings (SSSR count). The topological polar surface area (TPSA) is 57.7 Å². The van der Waals surface area contributed by atoms with Crippen molar-refractivity contribution in [2.24, 2.45) is 11.8 Å². The fourth-order valence-corrected chi connectivity index (χ4v) is 6.41. The Bertz CT molecular complexity index is 1010. The Morgan fingerprint density at radius 2 is 1.55 bits per heavy atom. The predicted molar refractivity (Wildman–Crippen MR) is 115 cm³/mol. The molecule has 5 nitrogen and oxygen atoms in total. The summed E-state index contributed by atoms with van der Waals surface area (Å²) in [5, 5.41) is 0. The molecule has 0 saturated carbocycles. The Labute approximate surface area is 173 Å². The SMILES string of the molecule is C[C@@H]1C[C@H](C)CN(S(=O)(=O)c2ccc(C(=O)N3c4ccccc4C[C@H]3C)cc2)C1. The molecule has 2 aliphatic rings. The average Bonchev–Trinajstić information content (AvgIpc) is 3.02. The van der Waals surface area contributed by atoms with E-state index in [1.165, 1.54) is 5.56 Å². The van der Waals surface area contributed by atoms with Crippen LogP contribution in [0.4, 0.5) is 5.69 Å². The van der Waals surface area contributed by atoms with Gasteiger partial charge in [0.25, 0.3) is 5.91 Å². The van der Waals surface area contributed by atoms with Gasteiger partial charge in [-0.3, -0.25) is 4.79 Å². The minimum Gasteiger partial charge on any atom is -0.305 e. The number of anilines is 1. The summed E-state index contributed by atoms with van der Waals surface area (Å²) in [6, 6.07) is 14.4. The van der Waals surface area contributed by atoms with Gasteiger partial charge < -0.3 is 4.90 Å². The van der Waals surface area contributed by atoms with Crippen LogP contribution in [-0.2, 0) is 16.4 Å². The maximum atomic E-state index is 13.1. The van der Waals surface area contributed by atoms with E-state index in [0.717, 1.165) is 18.5 Å². The van der Waals surface area contributed by atoms with Crippen molar-refractivity contribution in [1.29, 1.82) is 0 Å². The summed E-state index contributed by atoms with van der Waals surface area (Å²) in [6.07, 6.45) is 1.88. The number of nitrogens with zero attached hydrogens (tertiary/aromatic N) is 2. The maximum Gasteiger partial charge on any atom is 0.258 e. The lowest BCUT2D eigenvalue weighted by Crippen LogP contribution is -2.42. The third-order valence-corrected chi connectivity index (χ3v) is 7.85. The molecule has 2 aliphatic heterocycles. The van der Waals surface area contributed by atoms with Crippen molar-refractivity contribution in [3.63, 3.8) is 0 Å². The quantitative estimate of drug-likeness (QED) is 0.767. The van der Waals surface area contributed by atoms with Gasteiger partial charge in [-0.05, 0) is 67.5 Å². The van der Waals surface area contributed by atoms with Gasteiger partial charge in [0.05, 0.1) is 4.90 Å². The zero-order chi connectivity index (χ0) is 20.8. The predicted octanol–water partition coefficient (Wildman–Crippen LogP) is 3.94. The first kappa shape index (κ1) is 20.1. The molecule has 154 valence electrons. The number of fused-ring (bicyclic) bond motifs is 1. The van der Waals surface area contributed by atoms with Crippen LogP contribution in [0.5, 0.6) is 0 Å². The van der Waals surface area contributed by atoms with Gasteiger partial charge in [-0.15, -0.1) is 0 Å². The number of amides is 1. The summed E-state index contributed by atoms with van der Waals surface area (Å²) in [5.41, 5.74) is 2.62. The zero-order valence-electron chi connectivity index (χ0n) is 17.2. The summed E-state index contributed by atoms with van der Waals surface area (Å²) < 4.78 is 27.7. The Hall–Kier alpha value is -2.18. The molecule has 6 heteroatoms. The van der Waals surface area contributed by atoms with Crippen LogP contribution in [-0.4, -0.2) is 37.8 Å². The van der Waals surface area contributed by atoms with Gasteiger partial charge in [-0.25, -0.2) is 8.42 Å². The van der Waals surface area contributed by atoms with E-state index in [1.807, 2.05) is 30.0 Å². The van der Waals surface area contributed by atoms with Crippen LogP contribution in [0.15, 0.2) is 53.4 Å². The smallest absolute Gasteiger partial charge is 0.258 e. The molecule has 2 heterocycles. The van der Waals surface area contributed by atoms with E-state index in [1.54, 1.807) is 28.6 Å². The van der Waals surface area contributed by atoms with Gasteiger partial charge in [-0.1, -0.05) is 32.0 Å². The summed E-state index contributed by atoms with van der Waals surface area (Å²) >= 11 is 0. The third-order valence-electron chi connectivity index (χ3n) is 6.00. The Morgan fingerprint density at radius 3 is 2.21 bits per heavy atom. The minimum absolute atomic E-state index is 0.0830. The van der Waals surface area contributed by atoms with Gasteiger partial charge in [0.15, 0.2) is 0 Å². The van der Waals surface area contributed by atoms with E-state index in [-0.39, 0.29) is 16.8 Å². The molecule has 0 bridgehead atoms. The number of carbonyl (C=O) groups is 1. The molecule has 0 unspecified atom stereocenters. The van der Waals surface area contributed by atoms with Crippen molar-refractivity contribution in [1.82, 2.24) is 4.31 Å². The molecule has 0 aromatic heterocycles. The lowest BCUT2D eigenvalue weighted by atomic mass is 9.94. The lowest BCUT2D eigenvalue weighted by molar-refractivity contribution is 0.0981. The average molecular weight is 413 g/mol. The first-order chi connectivity index (χ1) is 13.8. The fourth-order valence-electron chi connectivity index (χ4n) is 4.73. The third kappa shape index (κ3) is 3.71. The summed E-state index contributed by atoms with van der Waals surface area (Å²) in [4.78, 5) is 15.2. The van der Waals surface area contributed by atoms with E-state index in [0.29, 0.717) is 30.5 Å². The molecule has 0 spiro atoms. The number of piperidine rings is 1. The molecular weight excluding hydrogens is 384 g/mol. The highest BCUT2D eigenvalue weighted by Crippen LogP contribution is 2.33. The minimum atomic E-state index is -3.54. The summed E-state index contributed by atoms with van der Waals surface area (Å²) in [5.74, 6) is 0.615. The largest absolute Gasteiger partial charge is 0.305 e. The molecule has 0 radical (unpaired) electrons. The van der Waals surface area contributed by atoms with Crippen LogP contribution in [0, 0.1) is 11.8 Å². The van der Waals surface area contributed by atoms with Gasteiger partial charge in [0, 0.05) is 30.4 Å². The number of benzene rings is 2. The second-order valence-electron chi connectivity index (χ2n) is 8.65. The highest BCUT2D eigenvalue weighted by atomic mass is 32.2. The molecule has 1 amide bonds. The highest BCUT2D eigenvalue weighted by Gasteiger charge is 2.33. The number of hydrogen-bond donors (Lipinski definition) is 0. The van der Waals surface area contributed by atoms with Crippen LogP contribution in [0.2, 0.25) is 0 Å². The standard InChI is InChI=1S/C23H28N2O3S/c1-16-12-17(2)15-24(14-16)29(27,28)21-10-8-19(9-11-21)23(26)25-18(3)13-20-6-4-5-7-22(20)25/h4-11,16-18H,12-15H2,1-3H3/t16-,17+,18-/m1/s1. The molecular formula is C23H28N2O3S. The van der Waals surface area contributed by atoms with Crippen molar-refractivity contribution in [2.75, 3.05) is 18.0 Å². The van der Waals surface area contributed by atoms with Gasteiger partial charge >= 0.3 is 0 Å². The number of hydrogen-bond acceptors (Lipinski definition) is 3. The lowest BCUT2D eigenvalue weighted by Gasteiger charge is -2.34. The van der Waals surface area contributed by atoms with E-state index in [2.05, 4.69) is 19.9 Å². The first-order valence-electron chi connectivity index (χ1n) is 10.3. The summed E-state index contributed by atoms with van der Waals surface area (Å²) in [6.45, 7) is 7.32. The fraction of sp³-hybridized carbons (Fsp3) is 0.435. The monoisotopic (exact) mass is 412 g/mol. The molecule has 1 fully saturated rings. The van der Waals surface area contributed by atoms with Crippen LogP contribution in [0.3, 0.4) is 0 Å². The second kappa shape index (κ2) is 7.58. The Balaban J connectivity index is 1.57. The molecule has 0 N–H and O–H groups in total. The number of para-hydroxylation sites is 1. The second-order valence-corrected chi connectivity index (χ2v) is 10.6. The number of sulfonamides is 1. The Morgan fingerprint density at radius 1 is 0.931 bits per heavy atom. The van der Waals surface area contributed by atoms with Gasteiger partial charge in [0.1, 0.15) is 0 Å². The normalized spacial score (nSPS) is 25.1. The van der Waals surface area contributed by atoms with Crippen molar-refractivity contribution in [3.05, 3.63) is 59.7 Å². The molecule has 2 aromatic rings. The number of carbonyl (C=O) groups excluding carboxylic acids is 1. The van der Waals surface area contributed by atoms with Crippen LogP contribution >= 0.6 is 0 Å². The molecule has 0 aliphatic carbocycles. The zero-order valence-corrected chi connectivity index (χ0v) is 18.0. The van der Waals surface area contributed by atoms with Crippen LogP contribution in [0.25, 0.3) is 0 Å². The first-order valence-corrected chi connectivity index (χ1v) is 11.7.